The first kappa shape index (κ1) is 15.2. The molecule has 0 bridgehead atoms. The third kappa shape index (κ3) is 4.42. The van der Waals surface area contributed by atoms with Crippen LogP contribution in [0.3, 0.4) is 0 Å². The maximum Gasteiger partial charge on any atom is 0.257 e. The third-order valence-corrected chi connectivity index (χ3v) is 2.84. The van der Waals surface area contributed by atoms with Crippen LogP contribution in [-0.2, 0) is 11.3 Å². The number of nitriles is 1. The van der Waals surface area contributed by atoms with E-state index in [0.29, 0.717) is 17.8 Å². The molecule has 0 radical (unpaired) electrons. The monoisotopic (exact) mass is 294 g/mol. The molecular weight excluding hydrogens is 280 g/mol. The maximum absolute atomic E-state index is 12.0. The maximum atomic E-state index is 12.0. The van der Waals surface area contributed by atoms with Gasteiger partial charge in [-0.3, -0.25) is 14.6 Å². The Bertz CT molecular complexity index is 708. The Balaban J connectivity index is 1.98. The van der Waals surface area contributed by atoms with Crippen molar-refractivity contribution in [1.29, 1.82) is 5.26 Å². The van der Waals surface area contributed by atoms with Crippen LogP contribution in [0.2, 0.25) is 0 Å². The summed E-state index contributed by atoms with van der Waals surface area (Å²) in [6.07, 6.45) is 2.92. The molecule has 1 heterocycles. The standard InChI is InChI=1S/C16H14N4O2/c17-7-6-15(21)19-10-12-3-1-5-14(9-12)20-16(22)13-4-2-8-18-11-13/h1-5,8-9,11H,6,10H2,(H,19,21)(H,20,22). The second kappa shape index (κ2) is 7.55. The fourth-order valence-electron chi connectivity index (χ4n) is 1.79. The molecule has 110 valence electrons. The number of nitrogens with one attached hydrogen (secondary N) is 2. The van der Waals surface area contributed by atoms with Crippen molar-refractivity contribution in [1.82, 2.24) is 10.3 Å². The summed E-state index contributed by atoms with van der Waals surface area (Å²) in [6, 6.07) is 12.3. The van der Waals surface area contributed by atoms with Crippen molar-refractivity contribution in [2.45, 2.75) is 13.0 Å². The molecule has 0 spiro atoms. The molecule has 0 saturated heterocycles. The molecule has 0 unspecified atom stereocenters. The van der Waals surface area contributed by atoms with Crippen LogP contribution in [0.15, 0.2) is 48.8 Å². The highest BCUT2D eigenvalue weighted by Crippen LogP contribution is 2.12. The zero-order valence-corrected chi connectivity index (χ0v) is 11.7. The van der Waals surface area contributed by atoms with Crippen LogP contribution in [-0.4, -0.2) is 16.8 Å². The molecule has 1 aromatic heterocycles. The van der Waals surface area contributed by atoms with Crippen molar-refractivity contribution in [2.75, 3.05) is 5.32 Å². The summed E-state index contributed by atoms with van der Waals surface area (Å²) in [6.45, 7) is 0.303. The number of nitrogens with zero attached hydrogens (tertiary/aromatic N) is 2. The van der Waals surface area contributed by atoms with Gasteiger partial charge in [0.05, 0.1) is 11.6 Å². The zero-order chi connectivity index (χ0) is 15.8. The van der Waals surface area contributed by atoms with Crippen LogP contribution in [0.5, 0.6) is 0 Å². The molecule has 0 aliphatic rings. The molecule has 6 nitrogen and oxygen atoms in total. The highest BCUT2D eigenvalue weighted by molar-refractivity contribution is 6.04. The van der Waals surface area contributed by atoms with Gasteiger partial charge in [-0.2, -0.15) is 5.26 Å². The molecule has 0 fully saturated rings. The molecule has 22 heavy (non-hydrogen) atoms. The summed E-state index contributed by atoms with van der Waals surface area (Å²) in [7, 11) is 0. The van der Waals surface area contributed by atoms with E-state index in [2.05, 4.69) is 15.6 Å². The summed E-state index contributed by atoms with van der Waals surface area (Å²) in [5.41, 5.74) is 1.92. The molecule has 2 aromatic rings. The van der Waals surface area contributed by atoms with Gasteiger partial charge < -0.3 is 10.6 Å². The number of pyridine rings is 1. The number of rotatable bonds is 5. The second-order valence-corrected chi connectivity index (χ2v) is 4.51. The van der Waals surface area contributed by atoms with Gasteiger partial charge in [0, 0.05) is 24.6 Å². The van der Waals surface area contributed by atoms with Crippen molar-refractivity contribution >= 4 is 17.5 Å². The quantitative estimate of drug-likeness (QED) is 0.880. The van der Waals surface area contributed by atoms with Gasteiger partial charge in [-0.25, -0.2) is 0 Å². The van der Waals surface area contributed by atoms with Crippen molar-refractivity contribution < 1.29 is 9.59 Å². The largest absolute Gasteiger partial charge is 0.351 e. The number of aromatic nitrogens is 1. The molecule has 1 aromatic carbocycles. The SMILES string of the molecule is N#CCC(=O)NCc1cccc(NC(=O)c2cccnc2)c1. The number of benzene rings is 1. The van der Waals surface area contributed by atoms with Crippen molar-refractivity contribution in [3.05, 3.63) is 59.9 Å². The van der Waals surface area contributed by atoms with Gasteiger partial charge in [0.15, 0.2) is 0 Å². The van der Waals surface area contributed by atoms with Crippen LogP contribution in [0.1, 0.15) is 22.3 Å². The van der Waals surface area contributed by atoms with E-state index in [9.17, 15) is 9.59 Å². The first-order valence-electron chi connectivity index (χ1n) is 6.63. The molecule has 2 N–H and O–H groups in total. The minimum absolute atomic E-state index is 0.169. The van der Waals surface area contributed by atoms with E-state index >= 15 is 0 Å². The van der Waals surface area contributed by atoms with Gasteiger partial charge in [0.1, 0.15) is 6.42 Å². The van der Waals surface area contributed by atoms with E-state index in [-0.39, 0.29) is 18.2 Å². The molecular formula is C16H14N4O2. The Labute approximate surface area is 127 Å². The molecule has 2 rings (SSSR count). The Morgan fingerprint density at radius 1 is 1.23 bits per heavy atom. The lowest BCUT2D eigenvalue weighted by molar-refractivity contribution is -0.120. The van der Waals surface area contributed by atoms with Gasteiger partial charge in [0.2, 0.25) is 5.91 Å². The van der Waals surface area contributed by atoms with Gasteiger partial charge in [-0.1, -0.05) is 12.1 Å². The fourth-order valence-corrected chi connectivity index (χ4v) is 1.79. The van der Waals surface area contributed by atoms with Crippen LogP contribution in [0.4, 0.5) is 5.69 Å². The van der Waals surface area contributed by atoms with Gasteiger partial charge in [0.25, 0.3) is 5.91 Å². The number of carbonyl (C=O) groups excluding carboxylic acids is 2. The number of anilines is 1. The predicted molar refractivity (Wildman–Crippen MR) is 80.7 cm³/mol. The summed E-state index contributed by atoms with van der Waals surface area (Å²) >= 11 is 0. The van der Waals surface area contributed by atoms with Crippen molar-refractivity contribution in [3.8, 4) is 6.07 Å². The van der Waals surface area contributed by atoms with Gasteiger partial charge >= 0.3 is 0 Å². The smallest absolute Gasteiger partial charge is 0.257 e. The first-order valence-corrected chi connectivity index (χ1v) is 6.63. The Morgan fingerprint density at radius 2 is 2.09 bits per heavy atom. The van der Waals surface area contributed by atoms with Crippen molar-refractivity contribution in [3.63, 3.8) is 0 Å². The number of carbonyl (C=O) groups is 2. The van der Waals surface area contributed by atoms with E-state index < -0.39 is 0 Å². The lowest BCUT2D eigenvalue weighted by Crippen LogP contribution is -2.22. The van der Waals surface area contributed by atoms with E-state index in [1.165, 1.54) is 6.20 Å². The lowest BCUT2D eigenvalue weighted by Gasteiger charge is -2.08. The highest BCUT2D eigenvalue weighted by atomic mass is 16.2. The number of hydrogen-bond acceptors (Lipinski definition) is 4. The van der Waals surface area contributed by atoms with Crippen molar-refractivity contribution in [2.24, 2.45) is 0 Å². The van der Waals surface area contributed by atoms with E-state index in [4.69, 9.17) is 5.26 Å². The van der Waals surface area contributed by atoms with E-state index in [1.807, 2.05) is 6.07 Å². The minimum atomic E-state index is -0.327. The zero-order valence-electron chi connectivity index (χ0n) is 11.7. The molecule has 2 amide bonds. The molecule has 0 aliphatic carbocycles. The Hall–Kier alpha value is -3.20. The van der Waals surface area contributed by atoms with Crippen LogP contribution >= 0.6 is 0 Å². The first-order chi connectivity index (χ1) is 10.7. The topological polar surface area (TPSA) is 94.9 Å². The predicted octanol–water partition coefficient (Wildman–Crippen LogP) is 1.86. The Morgan fingerprint density at radius 3 is 2.82 bits per heavy atom. The van der Waals surface area contributed by atoms with Crippen LogP contribution < -0.4 is 10.6 Å². The number of hydrogen-bond donors (Lipinski definition) is 2. The average Bonchev–Trinajstić information content (AvgIpc) is 2.54. The Kier molecular flexibility index (Phi) is 5.21. The summed E-state index contributed by atoms with van der Waals surface area (Å²) < 4.78 is 0. The normalized spacial score (nSPS) is 9.59. The third-order valence-electron chi connectivity index (χ3n) is 2.84. The highest BCUT2D eigenvalue weighted by Gasteiger charge is 2.06. The van der Waals surface area contributed by atoms with E-state index in [0.717, 1.165) is 5.56 Å². The van der Waals surface area contributed by atoms with E-state index in [1.54, 1.807) is 42.6 Å². The second-order valence-electron chi connectivity index (χ2n) is 4.51. The number of amides is 2. The summed E-state index contributed by atoms with van der Waals surface area (Å²) in [5.74, 6) is -0.578. The average molecular weight is 294 g/mol. The minimum Gasteiger partial charge on any atom is -0.351 e. The molecule has 0 aliphatic heterocycles. The van der Waals surface area contributed by atoms with Gasteiger partial charge in [-0.15, -0.1) is 0 Å². The summed E-state index contributed by atoms with van der Waals surface area (Å²) in [4.78, 5) is 27.2. The van der Waals surface area contributed by atoms with Crippen LogP contribution in [0, 0.1) is 11.3 Å². The molecule has 0 saturated carbocycles. The summed E-state index contributed by atoms with van der Waals surface area (Å²) in [5, 5.41) is 13.8. The van der Waals surface area contributed by atoms with Crippen LogP contribution in [0.25, 0.3) is 0 Å². The lowest BCUT2D eigenvalue weighted by atomic mass is 10.2. The van der Waals surface area contributed by atoms with Gasteiger partial charge in [-0.05, 0) is 29.8 Å². The molecule has 6 heteroatoms. The molecule has 0 atom stereocenters. The fraction of sp³-hybridized carbons (Fsp3) is 0.125.